The Labute approximate surface area is 101 Å². The van der Waals surface area contributed by atoms with Crippen LogP contribution in [0.25, 0.3) is 0 Å². The predicted molar refractivity (Wildman–Crippen MR) is 64.7 cm³/mol. The van der Waals surface area contributed by atoms with Gasteiger partial charge in [0, 0.05) is 6.07 Å². The highest BCUT2D eigenvalue weighted by Crippen LogP contribution is 2.26. The van der Waals surface area contributed by atoms with Gasteiger partial charge in [-0.3, -0.25) is 0 Å². The molecule has 92 valence electrons. The topological polar surface area (TPSA) is 58.9 Å². The van der Waals surface area contributed by atoms with E-state index < -0.39 is 7.32 Å². The van der Waals surface area contributed by atoms with Gasteiger partial charge in [-0.1, -0.05) is 18.9 Å². The van der Waals surface area contributed by atoms with Crippen LogP contribution in [0.3, 0.4) is 0 Å². The maximum atomic E-state index is 8.69. The van der Waals surface area contributed by atoms with Gasteiger partial charge in [-0.25, -0.2) is 0 Å². The van der Waals surface area contributed by atoms with Gasteiger partial charge in [0.2, 0.25) is 0 Å². The average molecular weight is 236 g/mol. The van der Waals surface area contributed by atoms with E-state index in [0.717, 1.165) is 6.61 Å². The fourth-order valence-corrected chi connectivity index (χ4v) is 2.15. The van der Waals surface area contributed by atoms with Crippen molar-refractivity contribution in [3.8, 4) is 11.5 Å². The zero-order valence-corrected chi connectivity index (χ0v) is 9.71. The van der Waals surface area contributed by atoms with Gasteiger partial charge in [-0.2, -0.15) is 0 Å². The first-order chi connectivity index (χ1) is 8.24. The fraction of sp³-hybridized carbons (Fsp3) is 0.500. The highest BCUT2D eigenvalue weighted by molar-refractivity contribution is 6.33. The van der Waals surface area contributed by atoms with Gasteiger partial charge in [-0.15, -0.1) is 0 Å². The van der Waals surface area contributed by atoms with Crippen molar-refractivity contribution in [2.24, 2.45) is 5.92 Å². The monoisotopic (exact) mass is 236 g/mol. The van der Waals surface area contributed by atoms with Crippen LogP contribution < -0.4 is 9.39 Å². The predicted octanol–water partition coefficient (Wildman–Crippen LogP) is 1.60. The molecular weight excluding hydrogens is 219 g/mol. The molecule has 0 aliphatic heterocycles. The van der Waals surface area contributed by atoms with Crippen molar-refractivity contribution in [2.45, 2.75) is 25.7 Å². The third kappa shape index (κ3) is 3.95. The first-order valence-electron chi connectivity index (χ1n) is 6.00. The van der Waals surface area contributed by atoms with Crippen LogP contribution in [-0.4, -0.2) is 24.0 Å². The second-order valence-corrected chi connectivity index (χ2v) is 4.38. The number of ether oxygens (including phenoxy) is 1. The van der Waals surface area contributed by atoms with Crippen LogP contribution in [0.5, 0.6) is 11.5 Å². The van der Waals surface area contributed by atoms with E-state index in [0.29, 0.717) is 17.4 Å². The van der Waals surface area contributed by atoms with Crippen molar-refractivity contribution in [1.82, 2.24) is 0 Å². The van der Waals surface area contributed by atoms with Crippen LogP contribution in [0.2, 0.25) is 0 Å². The molecule has 0 saturated heterocycles. The van der Waals surface area contributed by atoms with Gasteiger partial charge in [0.15, 0.2) is 0 Å². The minimum atomic E-state index is -1.79. The first kappa shape index (κ1) is 12.3. The van der Waals surface area contributed by atoms with Gasteiger partial charge in [0.25, 0.3) is 0 Å². The number of hydrogen-bond donors (Lipinski definition) is 2. The largest absolute Gasteiger partial charge is 0.707 e. The molecule has 0 unspecified atom stereocenters. The lowest BCUT2D eigenvalue weighted by atomic mass is 10.1. The lowest BCUT2D eigenvalue weighted by molar-refractivity contribution is 0.250. The summed E-state index contributed by atoms with van der Waals surface area (Å²) in [6.07, 6.45) is 5.08. The lowest BCUT2D eigenvalue weighted by Gasteiger charge is -2.12. The second kappa shape index (κ2) is 5.93. The molecule has 1 aromatic carbocycles. The Hall–Kier alpha value is -1.20. The van der Waals surface area contributed by atoms with Gasteiger partial charge < -0.3 is 19.4 Å². The highest BCUT2D eigenvalue weighted by Gasteiger charge is 2.16. The maximum absolute atomic E-state index is 8.69. The molecule has 0 radical (unpaired) electrons. The highest BCUT2D eigenvalue weighted by atomic mass is 16.6. The molecule has 1 aromatic rings. The third-order valence-corrected chi connectivity index (χ3v) is 3.01. The molecule has 1 saturated carbocycles. The van der Waals surface area contributed by atoms with Crippen molar-refractivity contribution in [2.75, 3.05) is 6.61 Å². The summed E-state index contributed by atoms with van der Waals surface area (Å²) in [5, 5.41) is 17.4. The molecule has 2 N–H and O–H groups in total. The number of benzene rings is 1. The molecule has 17 heavy (non-hydrogen) atoms. The van der Waals surface area contributed by atoms with Crippen LogP contribution in [-0.2, 0) is 0 Å². The molecule has 0 bridgehead atoms. The Morgan fingerprint density at radius 1 is 1.18 bits per heavy atom. The maximum Gasteiger partial charge on any atom is 0.707 e. The van der Waals surface area contributed by atoms with E-state index in [2.05, 4.69) is 0 Å². The third-order valence-electron chi connectivity index (χ3n) is 3.01. The number of rotatable bonds is 5. The summed E-state index contributed by atoms with van der Waals surface area (Å²) in [7, 11) is -1.79. The molecular formula is C12H17BO4. The summed E-state index contributed by atoms with van der Waals surface area (Å²) in [6, 6.07) is 6.92. The van der Waals surface area contributed by atoms with Crippen molar-refractivity contribution >= 4 is 7.32 Å². The summed E-state index contributed by atoms with van der Waals surface area (Å²) >= 11 is 0. The molecule has 5 heteroatoms. The molecule has 1 fully saturated rings. The zero-order valence-electron chi connectivity index (χ0n) is 9.71. The Morgan fingerprint density at radius 2 is 1.88 bits per heavy atom. The van der Waals surface area contributed by atoms with Crippen LogP contribution in [0.4, 0.5) is 0 Å². The molecule has 1 aliphatic carbocycles. The van der Waals surface area contributed by atoms with E-state index in [-0.39, 0.29) is 0 Å². The molecule has 0 amide bonds. The summed E-state index contributed by atoms with van der Waals surface area (Å²) in [4.78, 5) is 0. The summed E-state index contributed by atoms with van der Waals surface area (Å²) in [5.41, 5.74) is 0. The van der Waals surface area contributed by atoms with Crippen LogP contribution in [0.15, 0.2) is 24.3 Å². The zero-order chi connectivity index (χ0) is 12.1. The van der Waals surface area contributed by atoms with Gasteiger partial charge in [0.05, 0.1) is 6.61 Å². The molecule has 0 heterocycles. The van der Waals surface area contributed by atoms with Crippen molar-refractivity contribution < 1.29 is 19.4 Å². The minimum Gasteiger partial charge on any atom is -0.512 e. The van der Waals surface area contributed by atoms with Crippen LogP contribution >= 0.6 is 0 Å². The molecule has 1 aliphatic rings. The smallest absolute Gasteiger partial charge is 0.512 e. The van der Waals surface area contributed by atoms with E-state index in [9.17, 15) is 0 Å². The molecule has 0 aromatic heterocycles. The first-order valence-corrected chi connectivity index (χ1v) is 6.00. The van der Waals surface area contributed by atoms with E-state index in [1.54, 1.807) is 18.2 Å². The molecule has 4 nitrogen and oxygen atoms in total. The van der Waals surface area contributed by atoms with E-state index >= 15 is 0 Å². The van der Waals surface area contributed by atoms with Gasteiger partial charge in [0.1, 0.15) is 11.5 Å². The summed E-state index contributed by atoms with van der Waals surface area (Å²) < 4.78 is 10.4. The lowest BCUT2D eigenvalue weighted by Crippen LogP contribution is -2.20. The minimum absolute atomic E-state index is 0.393. The van der Waals surface area contributed by atoms with Crippen LogP contribution in [0, 0.1) is 5.92 Å². The Kier molecular flexibility index (Phi) is 4.28. The summed E-state index contributed by atoms with van der Waals surface area (Å²) in [6.45, 7) is 0.727. The van der Waals surface area contributed by atoms with Crippen LogP contribution in [0.1, 0.15) is 25.7 Å². The quantitative estimate of drug-likeness (QED) is 0.762. The molecule has 0 atom stereocenters. The second-order valence-electron chi connectivity index (χ2n) is 4.38. The van der Waals surface area contributed by atoms with Crippen molar-refractivity contribution in [3.05, 3.63) is 24.3 Å². The number of hydrogen-bond acceptors (Lipinski definition) is 4. The standard InChI is InChI=1S/C12H17BO4/c14-13(15)17-12-7-3-6-11(8-12)16-9-10-4-1-2-5-10/h3,6-8,10,14-15H,1-2,4-5,9H2. The van der Waals surface area contributed by atoms with E-state index in [1.807, 2.05) is 6.07 Å². The van der Waals surface area contributed by atoms with E-state index in [1.165, 1.54) is 25.7 Å². The SMILES string of the molecule is OB(O)Oc1cccc(OCC2CCCC2)c1. The Morgan fingerprint density at radius 3 is 2.59 bits per heavy atom. The Bertz CT molecular complexity index is 350. The van der Waals surface area contributed by atoms with Crippen molar-refractivity contribution in [3.63, 3.8) is 0 Å². The normalized spacial score (nSPS) is 15.9. The molecule has 0 spiro atoms. The summed E-state index contributed by atoms with van der Waals surface area (Å²) in [5.74, 6) is 1.75. The van der Waals surface area contributed by atoms with Crippen molar-refractivity contribution in [1.29, 1.82) is 0 Å². The van der Waals surface area contributed by atoms with Gasteiger partial charge >= 0.3 is 7.32 Å². The Balaban J connectivity index is 1.86. The van der Waals surface area contributed by atoms with E-state index in [4.69, 9.17) is 19.4 Å². The average Bonchev–Trinajstić information content (AvgIpc) is 2.79. The fourth-order valence-electron chi connectivity index (χ4n) is 2.15. The van der Waals surface area contributed by atoms with Gasteiger partial charge in [-0.05, 0) is 30.9 Å². The molecule has 2 rings (SSSR count).